The number of nitrogens with zero attached hydrogens (tertiary/aromatic N) is 3. The van der Waals surface area contributed by atoms with Gasteiger partial charge in [-0.2, -0.15) is 0 Å². The van der Waals surface area contributed by atoms with E-state index in [1.54, 1.807) is 0 Å². The van der Waals surface area contributed by atoms with Crippen molar-refractivity contribution >= 4 is 0 Å². The molecule has 0 saturated carbocycles. The molecule has 0 aliphatic rings. The topological polar surface area (TPSA) is 48.8 Å². The Morgan fingerprint density at radius 1 is 1.33 bits per heavy atom. The maximum absolute atomic E-state index is 8.19. The van der Waals surface area contributed by atoms with Crippen molar-refractivity contribution in [3.05, 3.63) is 45.8 Å². The van der Waals surface area contributed by atoms with Crippen LogP contribution in [-0.2, 0) is 11.8 Å². The quantitative estimate of drug-likeness (QED) is 0.407. The average molecular weight is 203 g/mol. The van der Waals surface area contributed by atoms with Crippen molar-refractivity contribution in [3.63, 3.8) is 0 Å². The monoisotopic (exact) mass is 203 g/mol. The minimum absolute atomic E-state index is 0.175. The first-order chi connectivity index (χ1) is 7.04. The molecule has 0 unspecified atom stereocenters. The largest absolute Gasteiger partial charge is 0.0936 e. The first-order valence-corrected chi connectivity index (χ1v) is 5.14. The van der Waals surface area contributed by atoms with Crippen molar-refractivity contribution in [3.8, 4) is 0 Å². The highest BCUT2D eigenvalue weighted by atomic mass is 15.1. The van der Waals surface area contributed by atoms with E-state index in [4.69, 9.17) is 5.53 Å². The highest BCUT2D eigenvalue weighted by molar-refractivity contribution is 5.28. The van der Waals surface area contributed by atoms with E-state index in [9.17, 15) is 0 Å². The lowest BCUT2D eigenvalue weighted by Gasteiger charge is -2.19. The summed E-state index contributed by atoms with van der Waals surface area (Å²) in [4.78, 5) is 2.75. The molecule has 0 fully saturated rings. The van der Waals surface area contributed by atoms with E-state index in [1.807, 2.05) is 0 Å². The lowest BCUT2D eigenvalue weighted by atomic mass is 9.86. The highest BCUT2D eigenvalue weighted by Crippen LogP contribution is 2.22. The van der Waals surface area contributed by atoms with Gasteiger partial charge in [-0.05, 0) is 28.5 Å². The van der Waals surface area contributed by atoms with Crippen molar-refractivity contribution in [2.24, 2.45) is 5.11 Å². The molecular weight excluding hydrogens is 186 g/mol. The Morgan fingerprint density at radius 3 is 2.67 bits per heavy atom. The van der Waals surface area contributed by atoms with Gasteiger partial charge in [0.15, 0.2) is 0 Å². The van der Waals surface area contributed by atoms with Gasteiger partial charge in [0.2, 0.25) is 0 Å². The molecule has 1 rings (SSSR count). The van der Waals surface area contributed by atoms with Gasteiger partial charge in [-0.25, -0.2) is 0 Å². The van der Waals surface area contributed by atoms with E-state index in [2.05, 4.69) is 55.1 Å². The van der Waals surface area contributed by atoms with Crippen LogP contribution in [0.1, 0.15) is 31.9 Å². The Balaban J connectivity index is 2.79. The number of hydrogen-bond donors (Lipinski definition) is 0. The molecule has 0 spiro atoms. The molecule has 0 heterocycles. The van der Waals surface area contributed by atoms with Crippen molar-refractivity contribution in [2.45, 2.75) is 32.6 Å². The van der Waals surface area contributed by atoms with Crippen molar-refractivity contribution in [1.29, 1.82) is 0 Å². The Kier molecular flexibility index (Phi) is 3.75. The van der Waals surface area contributed by atoms with Gasteiger partial charge in [0.1, 0.15) is 0 Å². The molecule has 0 aliphatic heterocycles. The fourth-order valence-corrected chi connectivity index (χ4v) is 1.42. The minimum atomic E-state index is 0.175. The molecule has 0 amide bonds. The molecule has 1 aromatic rings. The Morgan fingerprint density at radius 2 is 2.07 bits per heavy atom. The summed E-state index contributed by atoms with van der Waals surface area (Å²) in [6.07, 6.45) is 0.813. The number of rotatable bonds is 3. The molecule has 0 N–H and O–H groups in total. The summed E-state index contributed by atoms with van der Waals surface area (Å²) in [6.45, 7) is 7.11. The third-order valence-electron chi connectivity index (χ3n) is 2.36. The van der Waals surface area contributed by atoms with Crippen LogP contribution in [0.25, 0.3) is 10.4 Å². The van der Waals surface area contributed by atoms with Crippen LogP contribution in [0.15, 0.2) is 29.4 Å². The fourth-order valence-electron chi connectivity index (χ4n) is 1.42. The summed E-state index contributed by atoms with van der Waals surface area (Å²) in [5.74, 6) is 0. The third-order valence-corrected chi connectivity index (χ3v) is 2.36. The number of azide groups is 1. The average Bonchev–Trinajstić information content (AvgIpc) is 2.17. The van der Waals surface area contributed by atoms with Crippen molar-refractivity contribution in [1.82, 2.24) is 0 Å². The maximum Gasteiger partial charge on any atom is 0.0298 e. The Bertz CT molecular complexity index is 371. The highest BCUT2D eigenvalue weighted by Gasteiger charge is 2.13. The molecule has 80 valence electrons. The molecule has 0 aliphatic carbocycles. The molecule has 15 heavy (non-hydrogen) atoms. The van der Waals surface area contributed by atoms with Gasteiger partial charge in [0, 0.05) is 11.5 Å². The van der Waals surface area contributed by atoms with Gasteiger partial charge in [-0.1, -0.05) is 50.2 Å². The van der Waals surface area contributed by atoms with E-state index in [0.717, 1.165) is 6.42 Å². The Hall–Kier alpha value is -1.47. The van der Waals surface area contributed by atoms with E-state index < -0.39 is 0 Å². The van der Waals surface area contributed by atoms with Crippen LogP contribution < -0.4 is 0 Å². The van der Waals surface area contributed by atoms with Crippen LogP contribution in [0.5, 0.6) is 0 Å². The minimum Gasteiger partial charge on any atom is -0.0936 e. The standard InChI is InChI=1S/C12H17N3/c1-12(2,3)11-6-4-5-10(9-11)7-8-14-15-13/h4-6,9H,7-8H2,1-3H3. The zero-order chi connectivity index (χ0) is 11.3. The second-order valence-corrected chi connectivity index (χ2v) is 4.65. The smallest absolute Gasteiger partial charge is 0.0298 e. The summed E-state index contributed by atoms with van der Waals surface area (Å²) < 4.78 is 0. The van der Waals surface area contributed by atoms with Gasteiger partial charge in [0.05, 0.1) is 0 Å². The van der Waals surface area contributed by atoms with Gasteiger partial charge >= 0.3 is 0 Å². The zero-order valence-electron chi connectivity index (χ0n) is 9.57. The van der Waals surface area contributed by atoms with E-state index in [1.165, 1.54) is 11.1 Å². The second kappa shape index (κ2) is 4.85. The third kappa shape index (κ3) is 3.64. The number of benzene rings is 1. The molecule has 0 radical (unpaired) electrons. The molecule has 0 bridgehead atoms. The predicted molar refractivity (Wildman–Crippen MR) is 62.9 cm³/mol. The molecule has 3 nitrogen and oxygen atoms in total. The maximum atomic E-state index is 8.19. The van der Waals surface area contributed by atoms with Crippen LogP contribution in [-0.4, -0.2) is 6.54 Å². The lowest BCUT2D eigenvalue weighted by Crippen LogP contribution is -2.11. The van der Waals surface area contributed by atoms with E-state index in [-0.39, 0.29) is 5.41 Å². The summed E-state index contributed by atoms with van der Waals surface area (Å²) in [5.41, 5.74) is 10.9. The summed E-state index contributed by atoms with van der Waals surface area (Å²) in [5, 5.41) is 3.54. The molecule has 1 aromatic carbocycles. The SMILES string of the molecule is CC(C)(C)c1cccc(CCN=[N+]=[N-])c1. The first kappa shape index (κ1) is 11.6. The molecule has 0 atom stereocenters. The van der Waals surface area contributed by atoms with Crippen LogP contribution in [0.4, 0.5) is 0 Å². The zero-order valence-corrected chi connectivity index (χ0v) is 9.57. The second-order valence-electron chi connectivity index (χ2n) is 4.65. The van der Waals surface area contributed by atoms with Crippen LogP contribution >= 0.6 is 0 Å². The first-order valence-electron chi connectivity index (χ1n) is 5.14. The van der Waals surface area contributed by atoms with Gasteiger partial charge in [-0.15, -0.1) is 0 Å². The van der Waals surface area contributed by atoms with Crippen LogP contribution in [0.2, 0.25) is 0 Å². The fraction of sp³-hybridized carbons (Fsp3) is 0.500. The molecule has 0 aromatic heterocycles. The van der Waals surface area contributed by atoms with Gasteiger partial charge in [0.25, 0.3) is 0 Å². The molecular formula is C12H17N3. The predicted octanol–water partition coefficient (Wildman–Crippen LogP) is 3.84. The summed E-state index contributed by atoms with van der Waals surface area (Å²) >= 11 is 0. The summed E-state index contributed by atoms with van der Waals surface area (Å²) in [7, 11) is 0. The normalized spacial score (nSPS) is 10.9. The van der Waals surface area contributed by atoms with Crippen LogP contribution in [0, 0.1) is 0 Å². The van der Waals surface area contributed by atoms with Crippen molar-refractivity contribution < 1.29 is 0 Å². The van der Waals surface area contributed by atoms with Crippen molar-refractivity contribution in [2.75, 3.05) is 6.54 Å². The van der Waals surface area contributed by atoms with Gasteiger partial charge < -0.3 is 0 Å². The van der Waals surface area contributed by atoms with E-state index >= 15 is 0 Å². The van der Waals surface area contributed by atoms with E-state index in [0.29, 0.717) is 6.54 Å². The Labute approximate surface area is 90.8 Å². The summed E-state index contributed by atoms with van der Waals surface area (Å²) in [6, 6.07) is 8.46. The lowest BCUT2D eigenvalue weighted by molar-refractivity contribution is 0.589. The number of hydrogen-bond acceptors (Lipinski definition) is 1. The molecule has 0 saturated heterocycles. The van der Waals surface area contributed by atoms with Gasteiger partial charge in [-0.3, -0.25) is 0 Å². The van der Waals surface area contributed by atoms with Crippen LogP contribution in [0.3, 0.4) is 0 Å². The molecule has 3 heteroatoms.